The molecule has 0 aromatic rings. The van der Waals surface area contributed by atoms with Gasteiger partial charge in [0.25, 0.3) is 0 Å². The van der Waals surface area contributed by atoms with E-state index in [1.165, 1.54) is 64.7 Å². The van der Waals surface area contributed by atoms with Crippen molar-refractivity contribution in [1.29, 1.82) is 0 Å². The van der Waals surface area contributed by atoms with Crippen molar-refractivity contribution < 1.29 is 4.74 Å². The van der Waals surface area contributed by atoms with Crippen LogP contribution in [0.1, 0.15) is 45.4 Å². The van der Waals surface area contributed by atoms with Crippen LogP contribution in [-0.4, -0.2) is 49.8 Å². The first kappa shape index (κ1) is 16.2. The van der Waals surface area contributed by atoms with Gasteiger partial charge in [-0.3, -0.25) is 0 Å². The largest absolute Gasteiger partial charge is 0.378 e. The number of hydrogen-bond acceptors (Lipinski definition) is 3. The number of halogens is 1. The molecule has 2 saturated heterocycles. The van der Waals surface area contributed by atoms with Gasteiger partial charge in [-0.25, -0.2) is 0 Å². The van der Waals surface area contributed by atoms with Gasteiger partial charge in [-0.15, -0.1) is 12.4 Å². The molecule has 0 aliphatic carbocycles. The lowest BCUT2D eigenvalue weighted by Gasteiger charge is -2.35. The number of nitrogens with zero attached hydrogens (tertiary/aromatic N) is 1. The van der Waals surface area contributed by atoms with Crippen molar-refractivity contribution in [2.24, 2.45) is 0 Å². The molecule has 1 atom stereocenters. The zero-order chi connectivity index (χ0) is 11.9. The smallest absolute Gasteiger partial charge is 0.0588 e. The Bertz CT molecular complexity index is 204. The molecule has 2 aliphatic rings. The summed E-state index contributed by atoms with van der Waals surface area (Å²) >= 11 is 0. The second-order valence-electron chi connectivity index (χ2n) is 5.44. The number of ether oxygens (including phenoxy) is 1. The van der Waals surface area contributed by atoms with Gasteiger partial charge in [0.05, 0.1) is 6.10 Å². The van der Waals surface area contributed by atoms with E-state index >= 15 is 0 Å². The predicted molar refractivity (Wildman–Crippen MR) is 78.6 cm³/mol. The van der Waals surface area contributed by atoms with E-state index in [-0.39, 0.29) is 12.4 Å². The van der Waals surface area contributed by atoms with Crippen molar-refractivity contribution in [3.8, 4) is 0 Å². The van der Waals surface area contributed by atoms with E-state index in [0.29, 0.717) is 6.10 Å². The van der Waals surface area contributed by atoms with Crippen molar-refractivity contribution >= 4 is 12.4 Å². The molecule has 108 valence electrons. The third-order valence-electron chi connectivity index (χ3n) is 4.10. The van der Waals surface area contributed by atoms with E-state index in [0.717, 1.165) is 12.6 Å². The first-order chi connectivity index (χ1) is 8.40. The number of nitrogens with one attached hydrogen (secondary N) is 1. The van der Waals surface area contributed by atoms with Crippen LogP contribution in [0.4, 0.5) is 0 Å². The molecule has 1 unspecified atom stereocenters. The summed E-state index contributed by atoms with van der Waals surface area (Å²) in [7, 11) is 0. The Hall–Kier alpha value is 0.170. The highest BCUT2D eigenvalue weighted by Crippen LogP contribution is 2.18. The zero-order valence-corrected chi connectivity index (χ0v) is 12.5. The monoisotopic (exact) mass is 276 g/mol. The standard InChI is InChI=1S/C14H28N2O.ClH/c1-2-10-16(13-5-8-15-9-6-13)11-7-14-4-3-12-17-14;/h13-15H,2-12H2,1H3;1H. The van der Waals surface area contributed by atoms with Crippen LogP contribution in [0.3, 0.4) is 0 Å². The Labute approximate surface area is 118 Å². The lowest BCUT2D eigenvalue weighted by molar-refractivity contribution is 0.0793. The van der Waals surface area contributed by atoms with E-state index in [1.54, 1.807) is 0 Å². The van der Waals surface area contributed by atoms with Crippen LogP contribution in [-0.2, 0) is 4.74 Å². The molecule has 1 N–H and O–H groups in total. The topological polar surface area (TPSA) is 24.5 Å². The zero-order valence-electron chi connectivity index (χ0n) is 11.7. The van der Waals surface area contributed by atoms with Crippen molar-refractivity contribution in [3.05, 3.63) is 0 Å². The summed E-state index contributed by atoms with van der Waals surface area (Å²) in [5, 5.41) is 3.46. The molecule has 18 heavy (non-hydrogen) atoms. The Balaban J connectivity index is 0.00000162. The third-order valence-corrected chi connectivity index (χ3v) is 4.10. The molecule has 0 spiro atoms. The maximum atomic E-state index is 5.73. The lowest BCUT2D eigenvalue weighted by Crippen LogP contribution is -2.44. The van der Waals surface area contributed by atoms with Crippen molar-refractivity contribution in [3.63, 3.8) is 0 Å². The molecule has 2 rings (SSSR count). The summed E-state index contributed by atoms with van der Waals surface area (Å²) in [5.74, 6) is 0. The van der Waals surface area contributed by atoms with Crippen molar-refractivity contribution in [1.82, 2.24) is 10.2 Å². The maximum Gasteiger partial charge on any atom is 0.0588 e. The summed E-state index contributed by atoms with van der Waals surface area (Å²) in [4.78, 5) is 2.71. The van der Waals surface area contributed by atoms with Gasteiger partial charge in [-0.2, -0.15) is 0 Å². The fourth-order valence-electron chi connectivity index (χ4n) is 3.12. The minimum Gasteiger partial charge on any atom is -0.378 e. The van der Waals surface area contributed by atoms with E-state index in [2.05, 4.69) is 17.1 Å². The molecular weight excluding hydrogens is 248 g/mol. The Morgan fingerprint density at radius 2 is 1.94 bits per heavy atom. The van der Waals surface area contributed by atoms with Gasteiger partial charge in [-0.1, -0.05) is 6.92 Å². The van der Waals surface area contributed by atoms with Crippen LogP contribution in [0.15, 0.2) is 0 Å². The molecule has 2 aliphatic heterocycles. The van der Waals surface area contributed by atoms with Crippen LogP contribution in [0.2, 0.25) is 0 Å². The fourth-order valence-corrected chi connectivity index (χ4v) is 3.12. The highest BCUT2D eigenvalue weighted by atomic mass is 35.5. The second-order valence-corrected chi connectivity index (χ2v) is 5.44. The predicted octanol–water partition coefficient (Wildman–Crippen LogP) is 2.44. The molecule has 0 aromatic carbocycles. The summed E-state index contributed by atoms with van der Waals surface area (Å²) in [6, 6.07) is 0.817. The number of rotatable bonds is 6. The van der Waals surface area contributed by atoms with E-state index in [9.17, 15) is 0 Å². The normalized spacial score (nSPS) is 25.3. The SMILES string of the molecule is CCCN(CCC1CCCO1)C1CCNCC1.Cl. The van der Waals surface area contributed by atoms with Gasteiger partial charge in [0.2, 0.25) is 0 Å². The van der Waals surface area contributed by atoms with Crippen LogP contribution < -0.4 is 5.32 Å². The summed E-state index contributed by atoms with van der Waals surface area (Å²) in [6.07, 6.45) is 8.27. The molecule has 0 bridgehead atoms. The van der Waals surface area contributed by atoms with E-state index in [1.807, 2.05) is 0 Å². The molecular formula is C14H29ClN2O. The van der Waals surface area contributed by atoms with Crippen LogP contribution in [0.25, 0.3) is 0 Å². The highest BCUT2D eigenvalue weighted by molar-refractivity contribution is 5.85. The van der Waals surface area contributed by atoms with Crippen molar-refractivity contribution in [2.45, 2.75) is 57.6 Å². The van der Waals surface area contributed by atoms with Crippen LogP contribution in [0.5, 0.6) is 0 Å². The van der Waals surface area contributed by atoms with Gasteiger partial charge in [0, 0.05) is 19.2 Å². The minimum atomic E-state index is 0. The average Bonchev–Trinajstić information content (AvgIpc) is 2.88. The molecule has 2 fully saturated rings. The Kier molecular flexibility index (Phi) is 8.23. The molecule has 0 amide bonds. The first-order valence-corrected chi connectivity index (χ1v) is 7.46. The number of hydrogen-bond donors (Lipinski definition) is 1. The van der Waals surface area contributed by atoms with Crippen molar-refractivity contribution in [2.75, 3.05) is 32.8 Å². The summed E-state index contributed by atoms with van der Waals surface area (Å²) in [6.45, 7) is 8.18. The lowest BCUT2D eigenvalue weighted by atomic mass is 10.0. The quantitative estimate of drug-likeness (QED) is 0.807. The van der Waals surface area contributed by atoms with Gasteiger partial charge >= 0.3 is 0 Å². The van der Waals surface area contributed by atoms with Gasteiger partial charge in [-0.05, 0) is 58.2 Å². The van der Waals surface area contributed by atoms with Gasteiger partial charge in [0.15, 0.2) is 0 Å². The maximum absolute atomic E-state index is 5.73. The highest BCUT2D eigenvalue weighted by Gasteiger charge is 2.22. The molecule has 4 heteroatoms. The third kappa shape index (κ3) is 5.04. The summed E-state index contributed by atoms with van der Waals surface area (Å²) < 4.78 is 5.73. The minimum absolute atomic E-state index is 0. The van der Waals surface area contributed by atoms with E-state index < -0.39 is 0 Å². The van der Waals surface area contributed by atoms with Gasteiger partial charge < -0.3 is 15.0 Å². The molecule has 2 heterocycles. The summed E-state index contributed by atoms with van der Waals surface area (Å²) in [5.41, 5.74) is 0. The van der Waals surface area contributed by atoms with Crippen LogP contribution >= 0.6 is 12.4 Å². The fraction of sp³-hybridized carbons (Fsp3) is 1.00. The average molecular weight is 277 g/mol. The number of piperidine rings is 1. The second kappa shape index (κ2) is 9.13. The Morgan fingerprint density at radius 3 is 2.56 bits per heavy atom. The van der Waals surface area contributed by atoms with E-state index in [4.69, 9.17) is 4.74 Å². The van der Waals surface area contributed by atoms with Gasteiger partial charge in [0.1, 0.15) is 0 Å². The molecule has 0 saturated carbocycles. The molecule has 0 aromatic heterocycles. The van der Waals surface area contributed by atoms with Crippen LogP contribution in [0, 0.1) is 0 Å². The Morgan fingerprint density at radius 1 is 1.17 bits per heavy atom. The molecule has 3 nitrogen and oxygen atoms in total. The molecule has 0 radical (unpaired) electrons. The first-order valence-electron chi connectivity index (χ1n) is 7.46.